The van der Waals surface area contributed by atoms with E-state index < -0.39 is 5.60 Å². The van der Waals surface area contributed by atoms with Crippen LogP contribution in [0.25, 0.3) is 0 Å². The summed E-state index contributed by atoms with van der Waals surface area (Å²) in [5.41, 5.74) is 0.113. The van der Waals surface area contributed by atoms with Crippen molar-refractivity contribution in [1.82, 2.24) is 0 Å². The topological polar surface area (TPSA) is 71.3 Å². The van der Waals surface area contributed by atoms with E-state index in [2.05, 4.69) is 18.3 Å². The van der Waals surface area contributed by atoms with Crippen molar-refractivity contribution in [2.24, 2.45) is 5.92 Å². The van der Waals surface area contributed by atoms with E-state index in [0.29, 0.717) is 42.6 Å². The molecule has 1 aliphatic carbocycles. The summed E-state index contributed by atoms with van der Waals surface area (Å²) in [6.07, 6.45) is 4.43. The van der Waals surface area contributed by atoms with E-state index >= 15 is 0 Å². The van der Waals surface area contributed by atoms with E-state index in [1.54, 1.807) is 18.2 Å². The van der Waals surface area contributed by atoms with Crippen LogP contribution in [0.3, 0.4) is 0 Å². The molecule has 2 atom stereocenters. The molecule has 0 spiro atoms. The predicted molar refractivity (Wildman–Crippen MR) is 97.6 cm³/mol. The van der Waals surface area contributed by atoms with Crippen LogP contribution in [-0.2, 0) is 9.53 Å². The monoisotopic (exact) mass is 344 g/mol. The molecule has 0 unspecified atom stereocenters. The number of benzene rings is 1. The lowest BCUT2D eigenvalue weighted by atomic mass is 9.78. The zero-order chi connectivity index (χ0) is 18.3. The van der Waals surface area contributed by atoms with Crippen LogP contribution in [0.2, 0.25) is 0 Å². The molecule has 1 aromatic rings. The third-order valence-corrected chi connectivity index (χ3v) is 4.62. The maximum atomic E-state index is 13.0. The van der Waals surface area contributed by atoms with Crippen LogP contribution >= 0.6 is 0 Å². The molecule has 25 heavy (non-hydrogen) atoms. The summed E-state index contributed by atoms with van der Waals surface area (Å²) in [6, 6.07) is 7.32. The normalized spacial score (nSPS) is 22.9. The van der Waals surface area contributed by atoms with Crippen LogP contribution in [-0.4, -0.2) is 24.7 Å². The van der Waals surface area contributed by atoms with Gasteiger partial charge in [0.2, 0.25) is 0 Å². The highest BCUT2D eigenvalue weighted by atomic mass is 16.5. The van der Waals surface area contributed by atoms with Crippen LogP contribution < -0.4 is 10.1 Å². The summed E-state index contributed by atoms with van der Waals surface area (Å²) in [7, 11) is 0. The first kappa shape index (κ1) is 19.3. The fourth-order valence-corrected chi connectivity index (χ4v) is 3.45. The number of anilines is 1. The van der Waals surface area contributed by atoms with Gasteiger partial charge >= 0.3 is 0 Å². The van der Waals surface area contributed by atoms with Crippen molar-refractivity contribution in [3.63, 3.8) is 0 Å². The van der Waals surface area contributed by atoms with Gasteiger partial charge in [-0.3, -0.25) is 4.79 Å². The Bertz CT molecular complexity index is 634. The number of hydrogen-bond donors (Lipinski definition) is 1. The first-order valence-corrected chi connectivity index (χ1v) is 9.17. The van der Waals surface area contributed by atoms with Crippen molar-refractivity contribution in [2.75, 3.05) is 18.5 Å². The average molecular weight is 344 g/mol. The second-order valence-corrected chi connectivity index (χ2v) is 6.75. The molecule has 5 nitrogen and oxygen atoms in total. The molecule has 0 aliphatic heterocycles. The summed E-state index contributed by atoms with van der Waals surface area (Å²) in [5, 5.41) is 12.3. The Labute approximate surface area is 150 Å². The quantitative estimate of drug-likeness (QED) is 0.802. The Morgan fingerprint density at radius 3 is 2.88 bits per heavy atom. The molecule has 1 N–H and O–H groups in total. The Morgan fingerprint density at radius 2 is 2.24 bits per heavy atom. The third kappa shape index (κ3) is 4.73. The lowest BCUT2D eigenvalue weighted by Crippen LogP contribution is -2.48. The van der Waals surface area contributed by atoms with Gasteiger partial charge in [-0.2, -0.15) is 5.26 Å². The molecule has 0 saturated heterocycles. The number of amides is 1. The molecular formula is C20H28N2O3. The van der Waals surface area contributed by atoms with Gasteiger partial charge in [0.05, 0.1) is 17.9 Å². The Kier molecular flexibility index (Phi) is 6.83. The zero-order valence-electron chi connectivity index (χ0n) is 15.4. The number of ether oxygens (including phenoxy) is 2. The number of hydrogen-bond acceptors (Lipinski definition) is 4. The summed E-state index contributed by atoms with van der Waals surface area (Å²) < 4.78 is 11.5. The zero-order valence-corrected chi connectivity index (χ0v) is 15.4. The average Bonchev–Trinajstić information content (AvgIpc) is 2.61. The van der Waals surface area contributed by atoms with Crippen molar-refractivity contribution >= 4 is 11.6 Å². The molecule has 0 radical (unpaired) electrons. The highest BCUT2D eigenvalue weighted by molar-refractivity contribution is 5.98. The van der Waals surface area contributed by atoms with Gasteiger partial charge in [-0.1, -0.05) is 20.3 Å². The van der Waals surface area contributed by atoms with Gasteiger partial charge in [0.1, 0.15) is 17.4 Å². The van der Waals surface area contributed by atoms with E-state index in [0.717, 1.165) is 25.7 Å². The standard InChI is InChI=1S/C20H28N2O3/c1-4-11-24-17-8-9-18(16(12-17)14-21)22-19(23)20(25-5-2)10-6-7-15(3)13-20/h8-9,12,15H,4-7,10-11,13H2,1-3H3,(H,22,23)/t15-,20+/m0/s1. The van der Waals surface area contributed by atoms with Crippen LogP contribution in [0.5, 0.6) is 5.75 Å². The molecule has 0 bridgehead atoms. The first-order chi connectivity index (χ1) is 12.0. The smallest absolute Gasteiger partial charge is 0.256 e. The third-order valence-electron chi connectivity index (χ3n) is 4.62. The van der Waals surface area contributed by atoms with Gasteiger partial charge in [0.15, 0.2) is 0 Å². The summed E-state index contributed by atoms with van der Waals surface area (Å²) >= 11 is 0. The predicted octanol–water partition coefficient (Wildman–Crippen LogP) is 4.27. The van der Waals surface area contributed by atoms with E-state index in [9.17, 15) is 10.1 Å². The molecule has 2 rings (SSSR count). The summed E-state index contributed by atoms with van der Waals surface area (Å²) in [6.45, 7) is 7.19. The molecule has 136 valence electrons. The molecule has 1 fully saturated rings. The van der Waals surface area contributed by atoms with Gasteiger partial charge in [-0.15, -0.1) is 0 Å². The van der Waals surface area contributed by atoms with Gasteiger partial charge in [0, 0.05) is 6.61 Å². The van der Waals surface area contributed by atoms with Crippen LogP contribution in [0.1, 0.15) is 58.4 Å². The second kappa shape index (κ2) is 8.87. The fourth-order valence-electron chi connectivity index (χ4n) is 3.45. The minimum atomic E-state index is -0.795. The maximum Gasteiger partial charge on any atom is 0.256 e. The largest absolute Gasteiger partial charge is 0.494 e. The van der Waals surface area contributed by atoms with E-state index in [1.165, 1.54) is 0 Å². The van der Waals surface area contributed by atoms with E-state index in [1.807, 2.05) is 13.8 Å². The Morgan fingerprint density at radius 1 is 1.44 bits per heavy atom. The highest BCUT2D eigenvalue weighted by Crippen LogP contribution is 2.36. The van der Waals surface area contributed by atoms with Gasteiger partial charge in [-0.05, 0) is 56.7 Å². The molecule has 1 aliphatic rings. The van der Waals surface area contributed by atoms with Crippen LogP contribution in [0, 0.1) is 17.2 Å². The number of carbonyl (C=O) groups excluding carboxylic acids is 1. The number of nitrogens with one attached hydrogen (secondary N) is 1. The minimum absolute atomic E-state index is 0.153. The van der Waals surface area contributed by atoms with E-state index in [-0.39, 0.29) is 5.91 Å². The molecular weight excluding hydrogens is 316 g/mol. The van der Waals surface area contributed by atoms with Crippen molar-refractivity contribution in [3.8, 4) is 11.8 Å². The van der Waals surface area contributed by atoms with Gasteiger partial charge < -0.3 is 14.8 Å². The minimum Gasteiger partial charge on any atom is -0.494 e. The Hall–Kier alpha value is -2.06. The number of nitriles is 1. The van der Waals surface area contributed by atoms with Crippen molar-refractivity contribution in [2.45, 2.75) is 58.5 Å². The molecule has 5 heteroatoms. The van der Waals surface area contributed by atoms with Gasteiger partial charge in [-0.25, -0.2) is 0 Å². The SMILES string of the molecule is CCCOc1ccc(NC(=O)[C@@]2(OCC)CCC[C@H](C)C2)c(C#N)c1. The molecule has 1 aromatic carbocycles. The number of rotatable bonds is 7. The maximum absolute atomic E-state index is 13.0. The second-order valence-electron chi connectivity index (χ2n) is 6.75. The van der Waals surface area contributed by atoms with E-state index in [4.69, 9.17) is 9.47 Å². The first-order valence-electron chi connectivity index (χ1n) is 9.17. The molecule has 0 heterocycles. The van der Waals surface area contributed by atoms with Crippen molar-refractivity contribution in [3.05, 3.63) is 23.8 Å². The lowest BCUT2D eigenvalue weighted by Gasteiger charge is -2.38. The van der Waals surface area contributed by atoms with Crippen LogP contribution in [0.15, 0.2) is 18.2 Å². The summed E-state index contributed by atoms with van der Waals surface area (Å²) in [5.74, 6) is 0.938. The fraction of sp³-hybridized carbons (Fsp3) is 0.600. The molecule has 1 amide bonds. The van der Waals surface area contributed by atoms with Crippen molar-refractivity contribution < 1.29 is 14.3 Å². The van der Waals surface area contributed by atoms with Gasteiger partial charge in [0.25, 0.3) is 5.91 Å². The van der Waals surface area contributed by atoms with Crippen molar-refractivity contribution in [1.29, 1.82) is 5.26 Å². The highest BCUT2D eigenvalue weighted by Gasteiger charge is 2.42. The summed E-state index contributed by atoms with van der Waals surface area (Å²) in [4.78, 5) is 13.0. The Balaban J connectivity index is 2.19. The number of nitrogens with zero attached hydrogens (tertiary/aromatic N) is 1. The number of carbonyl (C=O) groups is 1. The lowest BCUT2D eigenvalue weighted by molar-refractivity contribution is -0.147. The molecule has 0 aromatic heterocycles. The molecule has 1 saturated carbocycles. The van der Waals surface area contributed by atoms with Crippen LogP contribution in [0.4, 0.5) is 5.69 Å².